The van der Waals surface area contributed by atoms with E-state index in [0.717, 1.165) is 7.11 Å². The Morgan fingerprint density at radius 3 is 1.16 bits per heavy atom. The number of methoxy groups -OCH3 is 1. The normalized spacial score (nSPS) is 15.7. The van der Waals surface area contributed by atoms with Crippen LogP contribution in [0.4, 0.5) is 74.6 Å². The van der Waals surface area contributed by atoms with Crippen molar-refractivity contribution < 1.29 is 88.9 Å². The summed E-state index contributed by atoms with van der Waals surface area (Å²) in [6, 6.07) is 0. The minimum absolute atomic E-state index is 0.772. The average molecular weight is 522 g/mol. The van der Waals surface area contributed by atoms with Crippen LogP contribution in [0.1, 0.15) is 0 Å². The van der Waals surface area contributed by atoms with Crippen molar-refractivity contribution in [1.82, 2.24) is 0 Å². The number of hydrogen-bond acceptors (Lipinski definition) is 3. The van der Waals surface area contributed by atoms with Crippen molar-refractivity contribution in [3.8, 4) is 0 Å². The van der Waals surface area contributed by atoms with E-state index in [4.69, 9.17) is 0 Å². The van der Waals surface area contributed by atoms with Gasteiger partial charge in [-0.3, -0.25) is 0 Å². The summed E-state index contributed by atoms with van der Waals surface area (Å²) in [4.78, 5) is 10.8. The molecule has 0 unspecified atom stereocenters. The third-order valence-corrected chi connectivity index (χ3v) is 3.50. The van der Waals surface area contributed by atoms with E-state index < -0.39 is 66.8 Å². The van der Waals surface area contributed by atoms with Gasteiger partial charge in [-0.1, -0.05) is 0 Å². The van der Waals surface area contributed by atoms with Crippen molar-refractivity contribution in [3.05, 3.63) is 0 Å². The second-order valence-electron chi connectivity index (χ2n) is 5.65. The lowest BCUT2D eigenvalue weighted by Crippen LogP contribution is -2.75. The molecule has 3 nitrogen and oxygen atoms in total. The zero-order valence-corrected chi connectivity index (χ0v) is 14.6. The highest BCUT2D eigenvalue weighted by Gasteiger charge is 2.95. The van der Waals surface area contributed by atoms with Crippen LogP contribution in [-0.2, 0) is 14.3 Å². The maximum absolute atomic E-state index is 13.4. The molecule has 0 spiro atoms. The smallest absolute Gasteiger partial charge is 0.459 e. The third kappa shape index (κ3) is 4.02. The molecule has 192 valence electrons. The first-order chi connectivity index (χ1) is 13.7. The Bertz CT molecular complexity index is 681. The quantitative estimate of drug-likeness (QED) is 0.225. The molecule has 0 heterocycles. The summed E-state index contributed by atoms with van der Waals surface area (Å²) in [7, 11) is 0.772. The van der Waals surface area contributed by atoms with Gasteiger partial charge in [-0.2, -0.15) is 74.6 Å². The van der Waals surface area contributed by atoms with Crippen LogP contribution in [0.5, 0.6) is 0 Å². The van der Waals surface area contributed by atoms with Crippen LogP contribution in [0.15, 0.2) is 0 Å². The average Bonchev–Trinajstić information content (AvgIpc) is 2.59. The molecule has 0 rings (SSSR count). The van der Waals surface area contributed by atoms with E-state index in [9.17, 15) is 79.4 Å². The molecular weight excluding hydrogens is 515 g/mol. The Hall–Kier alpha value is -1.76. The Morgan fingerprint density at radius 2 is 0.844 bits per heavy atom. The number of halogens is 17. The maximum atomic E-state index is 13.4. The van der Waals surface area contributed by atoms with E-state index in [1.165, 1.54) is 0 Å². The number of rotatable bonds is 10. The SMILES string of the molecule is COCCOC(=O)C(F)(F)C(F)(F)C(F)(F)C(F)(F)C(F)(F)C(F)(F)C(F)(F)C(F)(F)F. The molecule has 0 saturated heterocycles. The van der Waals surface area contributed by atoms with E-state index in [1.807, 2.05) is 0 Å². The molecule has 0 aliphatic carbocycles. The highest BCUT2D eigenvalue weighted by molar-refractivity contribution is 5.79. The molecule has 0 atom stereocenters. The molecule has 0 aromatic heterocycles. The summed E-state index contributed by atoms with van der Waals surface area (Å²) < 4.78 is 227. The van der Waals surface area contributed by atoms with Crippen LogP contribution < -0.4 is 0 Å². The topological polar surface area (TPSA) is 35.5 Å². The van der Waals surface area contributed by atoms with Crippen LogP contribution in [0.2, 0.25) is 0 Å². The van der Waals surface area contributed by atoms with Crippen molar-refractivity contribution in [2.45, 2.75) is 47.6 Å². The van der Waals surface area contributed by atoms with E-state index in [1.54, 1.807) is 0 Å². The fraction of sp³-hybridized carbons (Fsp3) is 0.917. The fourth-order valence-corrected chi connectivity index (χ4v) is 1.60. The van der Waals surface area contributed by atoms with Gasteiger partial charge < -0.3 is 9.47 Å². The van der Waals surface area contributed by atoms with Gasteiger partial charge in [0.05, 0.1) is 6.61 Å². The van der Waals surface area contributed by atoms with Crippen molar-refractivity contribution in [3.63, 3.8) is 0 Å². The Balaban J connectivity index is 6.56. The van der Waals surface area contributed by atoms with Crippen LogP contribution in [0, 0.1) is 0 Å². The second kappa shape index (κ2) is 8.23. The van der Waals surface area contributed by atoms with Gasteiger partial charge in [0.2, 0.25) is 0 Å². The monoisotopic (exact) mass is 522 g/mol. The predicted octanol–water partition coefficient (Wildman–Crippen LogP) is 5.19. The number of carbonyl (C=O) groups excluding carboxylic acids is 1. The maximum Gasteiger partial charge on any atom is 0.460 e. The molecule has 0 bridgehead atoms. The minimum atomic E-state index is -8.75. The molecule has 20 heteroatoms. The van der Waals surface area contributed by atoms with Crippen LogP contribution in [0.25, 0.3) is 0 Å². The van der Waals surface area contributed by atoms with Gasteiger partial charge in [0, 0.05) is 7.11 Å². The lowest BCUT2D eigenvalue weighted by atomic mass is 9.89. The van der Waals surface area contributed by atoms with Gasteiger partial charge in [-0.15, -0.1) is 0 Å². The molecular formula is C12H7F17O3. The molecule has 0 fully saturated rings. The van der Waals surface area contributed by atoms with Crippen LogP contribution in [-0.4, -0.2) is 73.9 Å². The summed E-state index contributed by atoms with van der Waals surface area (Å²) in [6.07, 6.45) is -7.83. The van der Waals surface area contributed by atoms with Crippen LogP contribution >= 0.6 is 0 Å². The third-order valence-electron chi connectivity index (χ3n) is 3.50. The Labute approximate surface area is 164 Å². The highest BCUT2D eigenvalue weighted by Crippen LogP contribution is 2.63. The van der Waals surface area contributed by atoms with Gasteiger partial charge in [0.1, 0.15) is 6.61 Å². The van der Waals surface area contributed by atoms with Gasteiger partial charge in [-0.25, -0.2) is 4.79 Å². The van der Waals surface area contributed by atoms with Crippen LogP contribution in [0.3, 0.4) is 0 Å². The molecule has 0 amide bonds. The van der Waals surface area contributed by atoms with Gasteiger partial charge in [0.15, 0.2) is 0 Å². The number of ether oxygens (including phenoxy) is 2. The molecule has 0 radical (unpaired) electrons. The zero-order chi connectivity index (χ0) is 26.4. The number of carbonyl (C=O) groups is 1. The number of alkyl halides is 17. The molecule has 0 aromatic carbocycles. The number of esters is 1. The van der Waals surface area contributed by atoms with E-state index >= 15 is 0 Å². The second-order valence-corrected chi connectivity index (χ2v) is 5.65. The highest BCUT2D eigenvalue weighted by atomic mass is 19.4. The van der Waals surface area contributed by atoms with Gasteiger partial charge in [0.25, 0.3) is 0 Å². The first kappa shape index (κ1) is 30.2. The molecule has 32 heavy (non-hydrogen) atoms. The summed E-state index contributed by atoms with van der Waals surface area (Å²) >= 11 is 0. The summed E-state index contributed by atoms with van der Waals surface area (Å²) in [5.41, 5.74) is 0. The van der Waals surface area contributed by atoms with Crippen molar-refractivity contribution in [2.75, 3.05) is 20.3 Å². The first-order valence-corrected chi connectivity index (χ1v) is 7.11. The van der Waals surface area contributed by atoms with Gasteiger partial charge in [-0.05, 0) is 0 Å². The largest absolute Gasteiger partial charge is 0.460 e. The Morgan fingerprint density at radius 1 is 0.531 bits per heavy atom. The van der Waals surface area contributed by atoms with E-state index in [-0.39, 0.29) is 0 Å². The predicted molar refractivity (Wildman–Crippen MR) is 63.5 cm³/mol. The standard InChI is InChI=1S/C12H7F17O3/c1-31-2-3-32-4(30)5(13,14)6(15,16)7(17,18)8(19,20)9(21,22)10(23,24)11(25,26)12(27,28)29/h2-3H2,1H3. The van der Waals surface area contributed by atoms with E-state index in [2.05, 4.69) is 9.47 Å². The van der Waals surface area contributed by atoms with E-state index in [0.29, 0.717) is 0 Å². The molecule has 0 N–H and O–H groups in total. The lowest BCUT2D eigenvalue weighted by molar-refractivity contribution is -0.460. The fourth-order valence-electron chi connectivity index (χ4n) is 1.60. The Kier molecular flexibility index (Phi) is 7.77. The molecule has 0 aliphatic rings. The lowest BCUT2D eigenvalue weighted by Gasteiger charge is -2.42. The van der Waals surface area contributed by atoms with Gasteiger partial charge >= 0.3 is 53.6 Å². The van der Waals surface area contributed by atoms with Crippen molar-refractivity contribution in [1.29, 1.82) is 0 Å². The summed E-state index contributed by atoms with van der Waals surface area (Å²) in [6.45, 7) is -2.36. The number of hydrogen-bond donors (Lipinski definition) is 0. The minimum Gasteiger partial charge on any atom is -0.459 e. The first-order valence-electron chi connectivity index (χ1n) is 7.11. The summed E-state index contributed by atoms with van der Waals surface area (Å²) in [5, 5.41) is 0. The summed E-state index contributed by atoms with van der Waals surface area (Å²) in [5.74, 6) is -62.0. The van der Waals surface area contributed by atoms with Crippen molar-refractivity contribution >= 4 is 5.97 Å². The molecule has 0 aliphatic heterocycles. The zero-order valence-electron chi connectivity index (χ0n) is 14.6. The molecule has 0 saturated carbocycles. The molecule has 0 aromatic rings. The van der Waals surface area contributed by atoms with Crippen molar-refractivity contribution in [2.24, 2.45) is 0 Å².